The van der Waals surface area contributed by atoms with Crippen LogP contribution in [0.25, 0.3) is 17.2 Å². The van der Waals surface area contributed by atoms with Crippen LogP contribution in [-0.4, -0.2) is 19.6 Å². The molecule has 0 amide bonds. The summed E-state index contributed by atoms with van der Waals surface area (Å²) in [5, 5.41) is 6.42. The highest BCUT2D eigenvalue weighted by Gasteiger charge is 2.14. The summed E-state index contributed by atoms with van der Waals surface area (Å²) in [4.78, 5) is 21.7. The summed E-state index contributed by atoms with van der Waals surface area (Å²) in [6.45, 7) is 11.1. The molecule has 0 aliphatic heterocycles. The van der Waals surface area contributed by atoms with E-state index in [9.17, 15) is 4.79 Å². The number of rotatable bonds is 4. The average Bonchev–Trinajstić information content (AvgIpc) is 3.11. The number of aryl methyl sites for hydroxylation is 2. The van der Waals surface area contributed by atoms with Crippen LogP contribution in [0.2, 0.25) is 0 Å². The lowest BCUT2D eigenvalue weighted by Gasteiger charge is -2.18. The van der Waals surface area contributed by atoms with E-state index >= 15 is 0 Å². The first kappa shape index (κ1) is 19.9. The van der Waals surface area contributed by atoms with Gasteiger partial charge in [-0.1, -0.05) is 62.7 Å². The van der Waals surface area contributed by atoms with Gasteiger partial charge in [0.15, 0.2) is 5.82 Å². The van der Waals surface area contributed by atoms with Crippen molar-refractivity contribution in [2.75, 3.05) is 5.32 Å². The van der Waals surface area contributed by atoms with Crippen LogP contribution in [0.3, 0.4) is 0 Å². The van der Waals surface area contributed by atoms with E-state index in [1.54, 1.807) is 0 Å². The van der Waals surface area contributed by atoms with Crippen LogP contribution in [0, 0.1) is 13.8 Å². The van der Waals surface area contributed by atoms with Gasteiger partial charge >= 0.3 is 0 Å². The Morgan fingerprint density at radius 1 is 1.00 bits per heavy atom. The number of nitrogens with zero attached hydrogens (tertiary/aromatic N) is 3. The molecule has 0 aliphatic rings. The fourth-order valence-corrected chi connectivity index (χ4v) is 3.47. The van der Waals surface area contributed by atoms with Gasteiger partial charge in [0.25, 0.3) is 11.3 Å². The number of anilines is 1. The molecule has 4 rings (SSSR count). The highest BCUT2D eigenvalue weighted by Crippen LogP contribution is 2.25. The second-order valence-electron chi connectivity index (χ2n) is 8.79. The standard InChI is InChI=1S/C24H27N5O/c1-15-6-11-20(16(2)12-15)25-14-19-13-21(30)29-23(26-19)27-22(28-29)17-7-9-18(10-8-17)24(3,4)5/h6-13,25H,14H2,1-5H3,(H,26,27,28). The van der Waals surface area contributed by atoms with E-state index in [1.807, 2.05) is 18.2 Å². The molecule has 6 heteroatoms. The fourth-order valence-electron chi connectivity index (χ4n) is 3.47. The molecule has 2 heterocycles. The molecule has 2 aromatic carbocycles. The van der Waals surface area contributed by atoms with Crippen molar-refractivity contribution in [3.05, 3.63) is 81.3 Å². The van der Waals surface area contributed by atoms with Crippen LogP contribution in [-0.2, 0) is 12.0 Å². The van der Waals surface area contributed by atoms with Crippen LogP contribution in [0.1, 0.15) is 43.2 Å². The van der Waals surface area contributed by atoms with Crippen LogP contribution >= 0.6 is 0 Å². The summed E-state index contributed by atoms with van der Waals surface area (Å²) < 4.78 is 1.38. The molecular formula is C24H27N5O. The third-order valence-corrected chi connectivity index (χ3v) is 5.25. The van der Waals surface area contributed by atoms with E-state index in [0.29, 0.717) is 23.8 Å². The Bertz CT molecular complexity index is 1260. The van der Waals surface area contributed by atoms with Crippen LogP contribution in [0.15, 0.2) is 53.3 Å². The second kappa shape index (κ2) is 7.44. The maximum absolute atomic E-state index is 12.6. The number of benzene rings is 2. The number of nitrogens with one attached hydrogen (secondary N) is 2. The third kappa shape index (κ3) is 3.99. The Balaban J connectivity index is 1.60. The zero-order valence-corrected chi connectivity index (χ0v) is 18.1. The molecule has 0 saturated heterocycles. The molecule has 0 spiro atoms. The molecule has 30 heavy (non-hydrogen) atoms. The van der Waals surface area contributed by atoms with Crippen molar-refractivity contribution in [2.45, 2.75) is 46.6 Å². The number of fused-ring (bicyclic) bond motifs is 1. The predicted octanol–water partition coefficient (Wildman–Crippen LogP) is 4.61. The number of aromatic amines is 1. The molecule has 0 fully saturated rings. The molecule has 2 N–H and O–H groups in total. The summed E-state index contributed by atoms with van der Waals surface area (Å²) >= 11 is 0. The molecule has 0 aliphatic carbocycles. The predicted molar refractivity (Wildman–Crippen MR) is 121 cm³/mol. The summed E-state index contributed by atoms with van der Waals surface area (Å²) in [6.07, 6.45) is 0. The van der Waals surface area contributed by atoms with Crippen molar-refractivity contribution in [3.8, 4) is 11.4 Å². The van der Waals surface area contributed by atoms with Crippen molar-refractivity contribution in [2.24, 2.45) is 0 Å². The quantitative estimate of drug-likeness (QED) is 0.524. The third-order valence-electron chi connectivity index (χ3n) is 5.25. The van der Waals surface area contributed by atoms with Gasteiger partial charge in [-0.2, -0.15) is 9.50 Å². The van der Waals surface area contributed by atoms with Gasteiger partial charge in [-0.15, -0.1) is 0 Å². The Morgan fingerprint density at radius 2 is 1.73 bits per heavy atom. The molecule has 0 saturated carbocycles. The largest absolute Gasteiger partial charge is 0.379 e. The first-order chi connectivity index (χ1) is 14.2. The van der Waals surface area contributed by atoms with Crippen LogP contribution in [0.5, 0.6) is 0 Å². The minimum atomic E-state index is -0.178. The van der Waals surface area contributed by atoms with E-state index < -0.39 is 0 Å². The molecular weight excluding hydrogens is 374 g/mol. The summed E-state index contributed by atoms with van der Waals surface area (Å²) in [7, 11) is 0. The summed E-state index contributed by atoms with van der Waals surface area (Å²) in [5.41, 5.74) is 6.14. The van der Waals surface area contributed by atoms with Crippen LogP contribution in [0.4, 0.5) is 5.69 Å². The SMILES string of the molecule is Cc1ccc(NCc2cc(=O)n3[nH]c(-c4ccc(C(C)(C)C)cc4)nc3n2)c(C)c1. The highest BCUT2D eigenvalue weighted by molar-refractivity contribution is 5.58. The van der Waals surface area contributed by atoms with Crippen molar-refractivity contribution in [1.29, 1.82) is 0 Å². The van der Waals surface area contributed by atoms with Gasteiger partial charge in [0.05, 0.1) is 12.2 Å². The maximum Gasteiger partial charge on any atom is 0.274 e. The lowest BCUT2D eigenvalue weighted by molar-refractivity contribution is 0.590. The van der Waals surface area contributed by atoms with Crippen molar-refractivity contribution < 1.29 is 0 Å². The van der Waals surface area contributed by atoms with Crippen LogP contribution < -0.4 is 10.9 Å². The van der Waals surface area contributed by atoms with Gasteiger partial charge < -0.3 is 5.32 Å². The van der Waals surface area contributed by atoms with Crippen molar-refractivity contribution >= 4 is 11.5 Å². The normalized spacial score (nSPS) is 11.8. The van der Waals surface area contributed by atoms with Crippen molar-refractivity contribution in [3.63, 3.8) is 0 Å². The summed E-state index contributed by atoms with van der Waals surface area (Å²) in [6, 6.07) is 16.0. The lowest BCUT2D eigenvalue weighted by atomic mass is 9.87. The topological polar surface area (TPSA) is 75.1 Å². The molecule has 154 valence electrons. The Morgan fingerprint density at radius 3 is 2.40 bits per heavy atom. The Hall–Kier alpha value is -3.41. The number of aromatic nitrogens is 4. The van der Waals surface area contributed by atoms with Gasteiger partial charge in [-0.05, 0) is 36.5 Å². The molecule has 4 aromatic rings. The van der Waals surface area contributed by atoms with Gasteiger partial charge in [0.1, 0.15) is 0 Å². The summed E-state index contributed by atoms with van der Waals surface area (Å²) in [5.74, 6) is 0.995. The minimum Gasteiger partial charge on any atom is -0.379 e. The number of hydrogen-bond acceptors (Lipinski definition) is 4. The molecule has 0 radical (unpaired) electrons. The monoisotopic (exact) mass is 401 g/mol. The molecule has 0 bridgehead atoms. The smallest absolute Gasteiger partial charge is 0.274 e. The van der Waals surface area contributed by atoms with E-state index in [4.69, 9.17) is 0 Å². The van der Waals surface area contributed by atoms with E-state index in [2.05, 4.69) is 79.3 Å². The van der Waals surface area contributed by atoms with Gasteiger partial charge in [-0.25, -0.2) is 4.98 Å². The zero-order chi connectivity index (χ0) is 21.5. The number of H-pyrrole nitrogens is 1. The first-order valence-corrected chi connectivity index (χ1v) is 10.1. The maximum atomic E-state index is 12.6. The molecule has 2 aromatic heterocycles. The Labute approximate surface area is 176 Å². The number of hydrogen-bond donors (Lipinski definition) is 2. The van der Waals surface area contributed by atoms with E-state index in [1.165, 1.54) is 21.7 Å². The van der Waals surface area contributed by atoms with Gasteiger partial charge in [0.2, 0.25) is 0 Å². The fraction of sp³-hybridized carbons (Fsp3) is 0.292. The molecule has 0 atom stereocenters. The van der Waals surface area contributed by atoms with E-state index in [0.717, 1.165) is 16.8 Å². The zero-order valence-electron chi connectivity index (χ0n) is 18.1. The van der Waals surface area contributed by atoms with Crippen molar-refractivity contribution in [1.82, 2.24) is 19.6 Å². The average molecular weight is 402 g/mol. The molecule has 0 unspecified atom stereocenters. The lowest BCUT2D eigenvalue weighted by Crippen LogP contribution is -2.17. The van der Waals surface area contributed by atoms with Gasteiger partial charge in [-0.3, -0.25) is 9.89 Å². The Kier molecular flexibility index (Phi) is 4.94. The molecule has 6 nitrogen and oxygen atoms in total. The minimum absolute atomic E-state index is 0.0859. The first-order valence-electron chi connectivity index (χ1n) is 10.1. The van der Waals surface area contributed by atoms with Gasteiger partial charge in [0, 0.05) is 17.3 Å². The highest BCUT2D eigenvalue weighted by atomic mass is 16.1. The second-order valence-corrected chi connectivity index (χ2v) is 8.79. The van der Waals surface area contributed by atoms with E-state index in [-0.39, 0.29) is 11.0 Å².